The van der Waals surface area contributed by atoms with E-state index in [1.54, 1.807) is 18.2 Å². The molecule has 2 N–H and O–H groups in total. The molecule has 0 bridgehead atoms. The Kier molecular flexibility index (Phi) is 6.51. The second-order valence-corrected chi connectivity index (χ2v) is 10.0. The number of carbonyl (C=O) groups is 1. The molecule has 0 aromatic heterocycles. The molecule has 0 aliphatic heterocycles. The summed E-state index contributed by atoms with van der Waals surface area (Å²) in [5, 5.41) is 13.7. The van der Waals surface area contributed by atoms with Gasteiger partial charge < -0.3 is 15.2 Å². The molecule has 32 heavy (non-hydrogen) atoms. The highest BCUT2D eigenvalue weighted by Crippen LogP contribution is 2.56. The first-order valence-corrected chi connectivity index (χ1v) is 11.7. The Morgan fingerprint density at radius 1 is 1.25 bits per heavy atom. The quantitative estimate of drug-likeness (QED) is 0.559. The van der Waals surface area contributed by atoms with Crippen LogP contribution >= 0.6 is 11.6 Å². The Morgan fingerprint density at radius 2 is 2.00 bits per heavy atom. The summed E-state index contributed by atoms with van der Waals surface area (Å²) in [4.78, 5) is 13.0. The predicted octanol–water partition coefficient (Wildman–Crippen LogP) is 5.51. The van der Waals surface area contributed by atoms with E-state index >= 15 is 0 Å². The molecule has 2 atom stereocenters. The molecular formula is C26H31ClFNO3. The monoisotopic (exact) mass is 459 g/mol. The standard InChI is InChI=1S/C26H31ClFNO3/c1-17(16-30)12-19-13-18-14-21(28)6-7-23(18)25(19)8-10-26(11-9-25,24(31)32-2)29-22-5-3-4-20(27)15-22/h3-7,14-15,17,19,29-30H,8-13,16H2,1-2H3/t17-,19?,25?,26?/m1/s1. The minimum atomic E-state index is -0.833. The number of benzene rings is 2. The molecule has 1 fully saturated rings. The lowest BCUT2D eigenvalue weighted by molar-refractivity contribution is -0.148. The third-order valence-corrected chi connectivity index (χ3v) is 7.87. The summed E-state index contributed by atoms with van der Waals surface area (Å²) in [6, 6.07) is 12.5. The molecule has 4 nitrogen and oxygen atoms in total. The number of methoxy groups -OCH3 is 1. The van der Waals surface area contributed by atoms with Crippen molar-refractivity contribution in [3.8, 4) is 0 Å². The smallest absolute Gasteiger partial charge is 0.331 e. The van der Waals surface area contributed by atoms with E-state index in [0.29, 0.717) is 23.8 Å². The molecule has 0 amide bonds. The largest absolute Gasteiger partial charge is 0.467 e. The summed E-state index contributed by atoms with van der Waals surface area (Å²) in [6.07, 6.45) is 4.47. The van der Waals surface area contributed by atoms with E-state index in [9.17, 15) is 14.3 Å². The number of carbonyl (C=O) groups excluding carboxylic acids is 1. The number of anilines is 1. The van der Waals surface area contributed by atoms with Gasteiger partial charge in [0, 0.05) is 17.3 Å². The van der Waals surface area contributed by atoms with Gasteiger partial charge in [-0.15, -0.1) is 0 Å². The van der Waals surface area contributed by atoms with Gasteiger partial charge in [0.15, 0.2) is 0 Å². The summed E-state index contributed by atoms with van der Waals surface area (Å²) in [6.45, 7) is 2.19. The molecule has 1 saturated carbocycles. The van der Waals surface area contributed by atoms with Gasteiger partial charge in [0.25, 0.3) is 0 Å². The van der Waals surface area contributed by atoms with E-state index in [1.165, 1.54) is 12.7 Å². The lowest BCUT2D eigenvalue weighted by Gasteiger charge is -2.47. The highest BCUT2D eigenvalue weighted by Gasteiger charge is 2.54. The third-order valence-electron chi connectivity index (χ3n) is 7.63. The van der Waals surface area contributed by atoms with Gasteiger partial charge >= 0.3 is 5.97 Å². The topological polar surface area (TPSA) is 58.6 Å². The minimum Gasteiger partial charge on any atom is -0.467 e. The number of halogens is 2. The van der Waals surface area contributed by atoms with Crippen LogP contribution in [-0.4, -0.2) is 30.3 Å². The molecule has 0 saturated heterocycles. The third kappa shape index (κ3) is 4.13. The first-order valence-electron chi connectivity index (χ1n) is 11.3. The predicted molar refractivity (Wildman–Crippen MR) is 124 cm³/mol. The zero-order valence-electron chi connectivity index (χ0n) is 18.7. The second kappa shape index (κ2) is 9.03. The van der Waals surface area contributed by atoms with Crippen LogP contribution in [0.1, 0.15) is 50.2 Å². The molecular weight excluding hydrogens is 429 g/mol. The van der Waals surface area contributed by atoms with Gasteiger partial charge in [-0.2, -0.15) is 0 Å². The van der Waals surface area contributed by atoms with Crippen molar-refractivity contribution in [2.45, 2.75) is 56.4 Å². The van der Waals surface area contributed by atoms with Crippen LogP contribution < -0.4 is 5.32 Å². The van der Waals surface area contributed by atoms with Gasteiger partial charge in [-0.1, -0.05) is 30.7 Å². The van der Waals surface area contributed by atoms with Crippen LogP contribution in [0.4, 0.5) is 10.1 Å². The SMILES string of the molecule is COC(=O)C1(Nc2cccc(Cl)c2)CCC2(CC1)c1ccc(F)cc1CC2C[C@@H](C)CO. The van der Waals surface area contributed by atoms with Crippen LogP contribution in [0, 0.1) is 17.7 Å². The van der Waals surface area contributed by atoms with Crippen LogP contribution in [0.3, 0.4) is 0 Å². The van der Waals surface area contributed by atoms with Crippen molar-refractivity contribution in [2.24, 2.45) is 11.8 Å². The molecule has 2 aromatic carbocycles. The van der Waals surface area contributed by atoms with Crippen molar-refractivity contribution in [3.05, 3.63) is 64.4 Å². The maximum absolute atomic E-state index is 14.0. The normalized spacial score (nSPS) is 27.7. The van der Waals surface area contributed by atoms with Crippen molar-refractivity contribution < 1.29 is 19.0 Å². The molecule has 6 heteroatoms. The molecule has 2 aliphatic rings. The average molecular weight is 460 g/mol. The van der Waals surface area contributed by atoms with Crippen molar-refractivity contribution in [1.82, 2.24) is 0 Å². The number of ether oxygens (including phenoxy) is 1. The van der Waals surface area contributed by atoms with E-state index < -0.39 is 5.54 Å². The molecule has 2 aromatic rings. The number of hydrogen-bond acceptors (Lipinski definition) is 4. The van der Waals surface area contributed by atoms with Gasteiger partial charge in [-0.25, -0.2) is 9.18 Å². The molecule has 4 rings (SSSR count). The number of hydrogen-bond donors (Lipinski definition) is 2. The van der Waals surface area contributed by atoms with Crippen LogP contribution in [0.5, 0.6) is 0 Å². The van der Waals surface area contributed by atoms with E-state index in [0.717, 1.165) is 36.9 Å². The first kappa shape index (κ1) is 23.1. The molecule has 0 radical (unpaired) electrons. The number of aliphatic hydroxyl groups excluding tert-OH is 1. The minimum absolute atomic E-state index is 0.125. The van der Waals surface area contributed by atoms with E-state index in [2.05, 4.69) is 12.2 Å². The van der Waals surface area contributed by atoms with E-state index in [4.69, 9.17) is 16.3 Å². The Bertz CT molecular complexity index is 987. The van der Waals surface area contributed by atoms with Gasteiger partial charge in [0.2, 0.25) is 0 Å². The summed E-state index contributed by atoms with van der Waals surface area (Å²) in [5.74, 6) is -0.00166. The maximum atomic E-state index is 14.0. The van der Waals surface area contributed by atoms with Crippen molar-refractivity contribution in [2.75, 3.05) is 19.0 Å². The summed E-state index contributed by atoms with van der Waals surface area (Å²) in [5.41, 5.74) is 2.10. The number of aliphatic hydroxyl groups is 1. The Labute approximate surface area is 194 Å². The zero-order chi connectivity index (χ0) is 22.9. The van der Waals surface area contributed by atoms with E-state index in [-0.39, 0.29) is 29.7 Å². The fourth-order valence-corrected chi connectivity index (χ4v) is 6.18. The average Bonchev–Trinajstić information content (AvgIpc) is 3.06. The Morgan fingerprint density at radius 3 is 2.66 bits per heavy atom. The van der Waals surface area contributed by atoms with Crippen molar-refractivity contribution >= 4 is 23.3 Å². The Hall–Kier alpha value is -2.11. The zero-order valence-corrected chi connectivity index (χ0v) is 19.4. The Balaban J connectivity index is 1.66. The second-order valence-electron chi connectivity index (χ2n) is 9.59. The molecule has 1 spiro atoms. The number of nitrogens with one attached hydrogen (secondary N) is 1. The number of rotatable bonds is 6. The van der Waals surface area contributed by atoms with Crippen LogP contribution in [0.25, 0.3) is 0 Å². The lowest BCUT2D eigenvalue weighted by Crippen LogP contribution is -2.53. The molecule has 2 aliphatic carbocycles. The summed E-state index contributed by atoms with van der Waals surface area (Å²) >= 11 is 6.16. The molecule has 0 heterocycles. The molecule has 1 unspecified atom stereocenters. The first-order chi connectivity index (χ1) is 15.3. The highest BCUT2D eigenvalue weighted by molar-refractivity contribution is 6.30. The van der Waals surface area contributed by atoms with Crippen molar-refractivity contribution in [3.63, 3.8) is 0 Å². The van der Waals surface area contributed by atoms with Crippen LogP contribution in [-0.2, 0) is 21.4 Å². The van der Waals surface area contributed by atoms with Gasteiger partial charge in [-0.05, 0) is 97.2 Å². The maximum Gasteiger partial charge on any atom is 0.331 e. The van der Waals surface area contributed by atoms with Crippen LogP contribution in [0.15, 0.2) is 42.5 Å². The fraction of sp³-hybridized carbons (Fsp3) is 0.500. The molecule has 172 valence electrons. The lowest BCUT2D eigenvalue weighted by atomic mass is 9.59. The van der Waals surface area contributed by atoms with Gasteiger partial charge in [0.05, 0.1) is 7.11 Å². The van der Waals surface area contributed by atoms with E-state index in [1.807, 2.05) is 24.3 Å². The van der Waals surface area contributed by atoms with Crippen molar-refractivity contribution in [1.29, 1.82) is 0 Å². The van der Waals surface area contributed by atoms with Gasteiger partial charge in [0.1, 0.15) is 11.4 Å². The summed E-state index contributed by atoms with van der Waals surface area (Å²) in [7, 11) is 1.42. The van der Waals surface area contributed by atoms with Gasteiger partial charge in [-0.3, -0.25) is 0 Å². The fourth-order valence-electron chi connectivity index (χ4n) is 5.99. The van der Waals surface area contributed by atoms with Crippen LogP contribution in [0.2, 0.25) is 5.02 Å². The highest BCUT2D eigenvalue weighted by atomic mass is 35.5. The number of esters is 1. The number of fused-ring (bicyclic) bond motifs is 2. The summed E-state index contributed by atoms with van der Waals surface area (Å²) < 4.78 is 19.2.